The minimum absolute atomic E-state index is 0.168. The van der Waals surface area contributed by atoms with Crippen molar-refractivity contribution < 1.29 is 9.90 Å². The van der Waals surface area contributed by atoms with Gasteiger partial charge in [0.25, 0.3) is 11.5 Å². The van der Waals surface area contributed by atoms with Crippen molar-refractivity contribution >= 4 is 16.7 Å². The van der Waals surface area contributed by atoms with E-state index in [1.807, 2.05) is 6.92 Å². The van der Waals surface area contributed by atoms with Crippen molar-refractivity contribution in [3.05, 3.63) is 40.3 Å². The maximum Gasteiger partial charge on any atom is 0.275 e. The number of hydrogen-bond donors (Lipinski definition) is 2. The Morgan fingerprint density at radius 2 is 1.92 bits per heavy atom. The average molecular weight is 330 g/mol. The molecule has 2 N–H and O–H groups in total. The molecule has 2 heterocycles. The first kappa shape index (κ1) is 16.6. The summed E-state index contributed by atoms with van der Waals surface area (Å²) in [6.45, 7) is 5.22. The topological polar surface area (TPSA) is 89.5 Å². The van der Waals surface area contributed by atoms with Gasteiger partial charge in [-0.25, -0.2) is 5.10 Å². The SMILES string of the molecule is CC[C@@H](O)CN1CCN(C(=O)c2n[nH]c(=O)c3ccccc23)CC1. The molecule has 7 nitrogen and oxygen atoms in total. The van der Waals surface area contributed by atoms with Crippen LogP contribution in [0.1, 0.15) is 23.8 Å². The molecule has 1 amide bonds. The van der Waals surface area contributed by atoms with Crippen LogP contribution in [0, 0.1) is 0 Å². The van der Waals surface area contributed by atoms with E-state index in [9.17, 15) is 14.7 Å². The molecule has 0 radical (unpaired) electrons. The Morgan fingerprint density at radius 3 is 2.58 bits per heavy atom. The first-order valence-corrected chi connectivity index (χ1v) is 8.27. The number of aliphatic hydroxyl groups excluding tert-OH is 1. The molecular weight excluding hydrogens is 308 g/mol. The standard InChI is InChI=1S/C17H22N4O3/c1-2-12(22)11-20-7-9-21(10-8-20)17(24)15-13-5-3-4-6-14(13)16(23)19-18-15/h3-6,12,22H,2,7-11H2,1H3,(H,19,23)/t12-/m1/s1. The number of aromatic nitrogens is 2. The number of carbonyl (C=O) groups is 1. The molecule has 1 aliphatic rings. The second-order valence-electron chi connectivity index (χ2n) is 6.10. The van der Waals surface area contributed by atoms with Crippen LogP contribution in [0.15, 0.2) is 29.1 Å². The van der Waals surface area contributed by atoms with Crippen LogP contribution < -0.4 is 5.56 Å². The third-order valence-electron chi connectivity index (χ3n) is 4.50. The molecule has 0 saturated carbocycles. The number of aromatic amines is 1. The fraction of sp³-hybridized carbons (Fsp3) is 0.471. The number of piperazine rings is 1. The van der Waals surface area contributed by atoms with Crippen molar-refractivity contribution in [3.8, 4) is 0 Å². The van der Waals surface area contributed by atoms with E-state index in [1.54, 1.807) is 29.2 Å². The molecule has 0 aliphatic carbocycles. The zero-order valence-electron chi connectivity index (χ0n) is 13.7. The Morgan fingerprint density at radius 1 is 1.25 bits per heavy atom. The summed E-state index contributed by atoms with van der Waals surface area (Å²) in [5.74, 6) is -0.168. The molecule has 2 aromatic rings. The molecule has 1 aromatic carbocycles. The number of fused-ring (bicyclic) bond motifs is 1. The van der Waals surface area contributed by atoms with Crippen LogP contribution in [0.4, 0.5) is 0 Å². The van der Waals surface area contributed by atoms with Crippen molar-refractivity contribution in [2.45, 2.75) is 19.4 Å². The van der Waals surface area contributed by atoms with Gasteiger partial charge in [-0.15, -0.1) is 0 Å². The molecule has 1 aromatic heterocycles. The fourth-order valence-electron chi connectivity index (χ4n) is 2.99. The predicted molar refractivity (Wildman–Crippen MR) is 91.0 cm³/mol. The van der Waals surface area contributed by atoms with Crippen LogP contribution in [-0.2, 0) is 0 Å². The molecule has 1 atom stereocenters. The second kappa shape index (κ2) is 7.11. The van der Waals surface area contributed by atoms with E-state index in [2.05, 4.69) is 15.1 Å². The summed E-state index contributed by atoms with van der Waals surface area (Å²) in [7, 11) is 0. The van der Waals surface area contributed by atoms with Gasteiger partial charge in [0.2, 0.25) is 0 Å². The van der Waals surface area contributed by atoms with Gasteiger partial charge in [-0.3, -0.25) is 14.5 Å². The van der Waals surface area contributed by atoms with Gasteiger partial charge in [0.05, 0.1) is 11.5 Å². The average Bonchev–Trinajstić information content (AvgIpc) is 2.62. The number of H-pyrrole nitrogens is 1. The van der Waals surface area contributed by atoms with Gasteiger partial charge in [0, 0.05) is 38.1 Å². The normalized spacial score (nSPS) is 17.2. The van der Waals surface area contributed by atoms with E-state index < -0.39 is 0 Å². The predicted octanol–water partition coefficient (Wildman–Crippen LogP) is 0.452. The molecule has 128 valence electrons. The Hall–Kier alpha value is -2.25. The molecule has 3 rings (SSSR count). The summed E-state index contributed by atoms with van der Waals surface area (Å²) in [6, 6.07) is 7.00. The lowest BCUT2D eigenvalue weighted by Gasteiger charge is -2.35. The van der Waals surface area contributed by atoms with Crippen molar-refractivity contribution in [2.24, 2.45) is 0 Å². The lowest BCUT2D eigenvalue weighted by molar-refractivity contribution is 0.0520. The minimum atomic E-state index is -0.322. The summed E-state index contributed by atoms with van der Waals surface area (Å²) in [6.07, 6.45) is 0.406. The maximum absolute atomic E-state index is 12.8. The van der Waals surface area contributed by atoms with Crippen molar-refractivity contribution in [2.75, 3.05) is 32.7 Å². The third-order valence-corrected chi connectivity index (χ3v) is 4.50. The van der Waals surface area contributed by atoms with Crippen molar-refractivity contribution in [3.63, 3.8) is 0 Å². The smallest absolute Gasteiger partial charge is 0.275 e. The Bertz CT molecular complexity index is 781. The van der Waals surface area contributed by atoms with Gasteiger partial charge < -0.3 is 10.0 Å². The molecule has 0 spiro atoms. The number of carbonyl (C=O) groups excluding carboxylic acids is 1. The van der Waals surface area contributed by atoms with E-state index in [1.165, 1.54) is 0 Å². The largest absolute Gasteiger partial charge is 0.392 e. The molecule has 1 saturated heterocycles. The van der Waals surface area contributed by atoms with Crippen LogP contribution in [0.3, 0.4) is 0 Å². The fourth-order valence-corrected chi connectivity index (χ4v) is 2.99. The van der Waals surface area contributed by atoms with Gasteiger partial charge in [0.15, 0.2) is 5.69 Å². The van der Waals surface area contributed by atoms with E-state index >= 15 is 0 Å². The summed E-state index contributed by atoms with van der Waals surface area (Å²) in [4.78, 5) is 28.5. The third kappa shape index (κ3) is 3.32. The van der Waals surface area contributed by atoms with Gasteiger partial charge in [0.1, 0.15) is 0 Å². The molecule has 1 fully saturated rings. The minimum Gasteiger partial charge on any atom is -0.392 e. The highest BCUT2D eigenvalue weighted by molar-refractivity contribution is 6.04. The maximum atomic E-state index is 12.8. The molecular formula is C17H22N4O3. The molecule has 24 heavy (non-hydrogen) atoms. The summed E-state index contributed by atoms with van der Waals surface area (Å²) in [5, 5.41) is 17.2. The zero-order valence-corrected chi connectivity index (χ0v) is 13.7. The summed E-state index contributed by atoms with van der Waals surface area (Å²) < 4.78 is 0. The quantitative estimate of drug-likeness (QED) is 0.850. The second-order valence-corrected chi connectivity index (χ2v) is 6.10. The highest BCUT2D eigenvalue weighted by Gasteiger charge is 2.25. The number of nitrogens with zero attached hydrogens (tertiary/aromatic N) is 3. The van der Waals surface area contributed by atoms with Crippen molar-refractivity contribution in [1.29, 1.82) is 0 Å². The van der Waals surface area contributed by atoms with Crippen LogP contribution in [0.2, 0.25) is 0 Å². The lowest BCUT2D eigenvalue weighted by atomic mass is 10.1. The number of hydrogen-bond acceptors (Lipinski definition) is 5. The van der Waals surface area contributed by atoms with Crippen molar-refractivity contribution in [1.82, 2.24) is 20.0 Å². The number of benzene rings is 1. The van der Waals surface area contributed by atoms with E-state index in [-0.39, 0.29) is 23.3 Å². The van der Waals surface area contributed by atoms with Gasteiger partial charge in [-0.1, -0.05) is 25.1 Å². The van der Waals surface area contributed by atoms with Crippen LogP contribution in [0.5, 0.6) is 0 Å². The summed E-state index contributed by atoms with van der Waals surface area (Å²) >= 11 is 0. The first-order valence-electron chi connectivity index (χ1n) is 8.27. The number of amides is 1. The number of rotatable bonds is 4. The van der Waals surface area contributed by atoms with Crippen LogP contribution >= 0.6 is 0 Å². The van der Waals surface area contributed by atoms with E-state index in [4.69, 9.17) is 0 Å². The van der Waals surface area contributed by atoms with Gasteiger partial charge >= 0.3 is 0 Å². The molecule has 0 bridgehead atoms. The van der Waals surface area contributed by atoms with Gasteiger partial charge in [-0.05, 0) is 12.5 Å². The molecule has 0 unspecified atom stereocenters. The number of β-amino-alcohol motifs (C(OH)–C–C–N with tert-alkyl or cyclic N) is 1. The highest BCUT2D eigenvalue weighted by atomic mass is 16.3. The monoisotopic (exact) mass is 330 g/mol. The van der Waals surface area contributed by atoms with E-state index in [0.717, 1.165) is 19.5 Å². The van der Waals surface area contributed by atoms with Crippen LogP contribution in [0.25, 0.3) is 10.8 Å². The molecule has 7 heteroatoms. The van der Waals surface area contributed by atoms with E-state index in [0.29, 0.717) is 30.4 Å². The number of nitrogens with one attached hydrogen (secondary N) is 1. The lowest BCUT2D eigenvalue weighted by Crippen LogP contribution is -2.50. The summed E-state index contributed by atoms with van der Waals surface area (Å²) in [5.41, 5.74) is -0.00670. The Labute approximate surface area is 139 Å². The Kier molecular flexibility index (Phi) is 4.92. The van der Waals surface area contributed by atoms with Gasteiger partial charge in [-0.2, -0.15) is 5.10 Å². The Balaban J connectivity index is 1.75. The van der Waals surface area contributed by atoms with Crippen LogP contribution in [-0.4, -0.2) is 69.8 Å². The molecule has 1 aliphatic heterocycles. The first-order chi connectivity index (χ1) is 11.6. The highest BCUT2D eigenvalue weighted by Crippen LogP contribution is 2.15. The zero-order chi connectivity index (χ0) is 17.1. The number of aliphatic hydroxyl groups is 1.